The van der Waals surface area contributed by atoms with Crippen molar-refractivity contribution in [1.82, 2.24) is 0 Å². The molecule has 0 aliphatic carbocycles. The van der Waals surface area contributed by atoms with Crippen LogP contribution in [-0.4, -0.2) is 6.54 Å². The molecular weight excluding hydrogens is 319 g/mol. The van der Waals surface area contributed by atoms with Crippen LogP contribution in [0, 0.1) is 0 Å². The zero-order chi connectivity index (χ0) is 15.5. The van der Waals surface area contributed by atoms with Crippen LogP contribution in [0.3, 0.4) is 0 Å². The van der Waals surface area contributed by atoms with E-state index in [4.69, 9.17) is 17.3 Å². The predicted octanol–water partition coefficient (Wildman–Crippen LogP) is 5.01. The zero-order valence-corrected chi connectivity index (χ0v) is 12.5. The minimum Gasteiger partial charge on any atom is -0.330 e. The van der Waals surface area contributed by atoms with E-state index in [0.29, 0.717) is 28.4 Å². The summed E-state index contributed by atoms with van der Waals surface area (Å²) >= 11 is 7.01. The number of hydrogen-bond acceptors (Lipinski definition) is 2. The first-order valence-corrected chi connectivity index (χ1v) is 7.44. The van der Waals surface area contributed by atoms with Gasteiger partial charge in [0.1, 0.15) is 0 Å². The summed E-state index contributed by atoms with van der Waals surface area (Å²) in [7, 11) is 0. The van der Waals surface area contributed by atoms with Crippen molar-refractivity contribution in [1.29, 1.82) is 0 Å². The van der Waals surface area contributed by atoms with Gasteiger partial charge in [-0.25, -0.2) is 0 Å². The number of rotatable bonds is 4. The van der Waals surface area contributed by atoms with Gasteiger partial charge >= 0.3 is 6.18 Å². The molecule has 6 heteroatoms. The van der Waals surface area contributed by atoms with Gasteiger partial charge in [0.25, 0.3) is 0 Å². The summed E-state index contributed by atoms with van der Waals surface area (Å²) in [5.74, 6) is 0. The van der Waals surface area contributed by atoms with Crippen molar-refractivity contribution in [3.05, 3.63) is 58.6 Å². The van der Waals surface area contributed by atoms with Crippen LogP contribution in [-0.2, 0) is 12.6 Å². The molecule has 0 unspecified atom stereocenters. The molecule has 0 saturated carbocycles. The zero-order valence-electron chi connectivity index (χ0n) is 11.0. The van der Waals surface area contributed by atoms with Gasteiger partial charge in [0.2, 0.25) is 0 Å². The lowest BCUT2D eigenvalue weighted by molar-refractivity contribution is -0.139. The normalized spacial score (nSPS) is 11.7. The molecule has 0 aliphatic rings. The van der Waals surface area contributed by atoms with E-state index in [0.717, 1.165) is 17.8 Å². The van der Waals surface area contributed by atoms with Crippen LogP contribution in [0.4, 0.5) is 13.2 Å². The first-order chi connectivity index (χ1) is 9.91. The molecule has 0 saturated heterocycles. The van der Waals surface area contributed by atoms with Gasteiger partial charge in [-0.05, 0) is 42.8 Å². The molecule has 0 spiro atoms. The van der Waals surface area contributed by atoms with Gasteiger partial charge in [0.05, 0.1) is 10.6 Å². The molecule has 112 valence electrons. The highest BCUT2D eigenvalue weighted by Crippen LogP contribution is 2.41. The van der Waals surface area contributed by atoms with Gasteiger partial charge in [-0.15, -0.1) is 0 Å². The monoisotopic (exact) mass is 331 g/mol. The Hall–Kier alpha value is -1.17. The number of hydrogen-bond donors (Lipinski definition) is 1. The predicted molar refractivity (Wildman–Crippen MR) is 79.8 cm³/mol. The third-order valence-electron chi connectivity index (χ3n) is 2.84. The Balaban J connectivity index is 2.41. The van der Waals surface area contributed by atoms with E-state index in [1.165, 1.54) is 6.07 Å². The van der Waals surface area contributed by atoms with Crippen molar-refractivity contribution in [3.8, 4) is 0 Å². The Labute approximate surface area is 130 Å². The second kappa shape index (κ2) is 6.73. The van der Waals surface area contributed by atoms with Crippen LogP contribution in [0.25, 0.3) is 0 Å². The third-order valence-corrected chi connectivity index (χ3v) is 4.43. The van der Waals surface area contributed by atoms with E-state index in [2.05, 4.69) is 0 Å². The highest BCUT2D eigenvalue weighted by atomic mass is 35.5. The molecule has 0 heterocycles. The van der Waals surface area contributed by atoms with Crippen LogP contribution in [0.15, 0.2) is 52.3 Å². The fourth-order valence-corrected chi connectivity index (χ4v) is 3.08. The smallest absolute Gasteiger partial charge is 0.330 e. The maximum absolute atomic E-state index is 13.2. The van der Waals surface area contributed by atoms with Crippen LogP contribution < -0.4 is 5.73 Å². The third kappa shape index (κ3) is 4.15. The second-order valence-corrected chi connectivity index (χ2v) is 5.89. The maximum Gasteiger partial charge on any atom is 0.417 e. The fraction of sp³-hybridized carbons (Fsp3) is 0.200. The van der Waals surface area contributed by atoms with E-state index in [1.54, 1.807) is 30.3 Å². The molecule has 0 bridgehead atoms. The molecule has 1 nitrogen and oxygen atoms in total. The quantitative estimate of drug-likeness (QED) is 0.852. The summed E-state index contributed by atoms with van der Waals surface area (Å²) < 4.78 is 39.6. The molecule has 0 aliphatic heterocycles. The molecule has 0 radical (unpaired) electrons. The Bertz CT molecular complexity index is 629. The highest BCUT2D eigenvalue weighted by Gasteiger charge is 2.34. The van der Waals surface area contributed by atoms with Crippen LogP contribution in [0.1, 0.15) is 11.1 Å². The minimum atomic E-state index is -4.41. The summed E-state index contributed by atoms with van der Waals surface area (Å²) in [4.78, 5) is 0.729. The Kier molecular flexibility index (Phi) is 5.19. The second-order valence-electron chi connectivity index (χ2n) is 4.40. The van der Waals surface area contributed by atoms with Crippen molar-refractivity contribution in [2.45, 2.75) is 22.4 Å². The lowest BCUT2D eigenvalue weighted by atomic mass is 10.1. The fourth-order valence-electron chi connectivity index (χ4n) is 1.86. The molecule has 21 heavy (non-hydrogen) atoms. The first kappa shape index (κ1) is 16.2. The molecule has 0 aromatic heterocycles. The summed E-state index contributed by atoms with van der Waals surface area (Å²) in [6.45, 7) is 0.314. The number of benzene rings is 2. The van der Waals surface area contributed by atoms with Gasteiger partial charge in [-0.1, -0.05) is 41.6 Å². The molecule has 2 rings (SSSR count). The topological polar surface area (TPSA) is 26.0 Å². The Morgan fingerprint density at radius 1 is 1.05 bits per heavy atom. The van der Waals surface area contributed by atoms with Crippen LogP contribution >= 0.6 is 23.4 Å². The SMILES string of the molecule is NCCc1ccc(Sc2ccccc2Cl)c(C(F)(F)F)c1. The number of alkyl halides is 3. The van der Waals surface area contributed by atoms with Gasteiger partial charge in [-0.2, -0.15) is 13.2 Å². The van der Waals surface area contributed by atoms with E-state index in [-0.39, 0.29) is 4.90 Å². The first-order valence-electron chi connectivity index (χ1n) is 6.24. The standard InChI is InChI=1S/C15H13ClF3NS/c16-12-3-1-2-4-14(12)21-13-6-5-10(7-8-20)9-11(13)15(17,18)19/h1-6,9H,7-8,20H2. The van der Waals surface area contributed by atoms with Gasteiger partial charge in [0, 0.05) is 9.79 Å². The van der Waals surface area contributed by atoms with Crippen molar-refractivity contribution in [2.24, 2.45) is 5.73 Å². The molecule has 2 N–H and O–H groups in total. The average molecular weight is 332 g/mol. The number of nitrogens with two attached hydrogens (primary N) is 1. The van der Waals surface area contributed by atoms with E-state index >= 15 is 0 Å². The largest absolute Gasteiger partial charge is 0.417 e. The van der Waals surface area contributed by atoms with Gasteiger partial charge < -0.3 is 5.73 Å². The Morgan fingerprint density at radius 3 is 2.38 bits per heavy atom. The molecule has 2 aromatic rings. The van der Waals surface area contributed by atoms with E-state index < -0.39 is 11.7 Å². The molecule has 0 amide bonds. The van der Waals surface area contributed by atoms with Crippen LogP contribution in [0.2, 0.25) is 5.02 Å². The van der Waals surface area contributed by atoms with Crippen molar-refractivity contribution >= 4 is 23.4 Å². The molecule has 2 aromatic carbocycles. The lowest BCUT2D eigenvalue weighted by Crippen LogP contribution is -2.09. The molecular formula is C15H13ClF3NS. The molecule has 0 atom stereocenters. The average Bonchev–Trinajstić information content (AvgIpc) is 2.42. The minimum absolute atomic E-state index is 0.136. The Morgan fingerprint density at radius 2 is 1.76 bits per heavy atom. The van der Waals surface area contributed by atoms with E-state index in [1.807, 2.05) is 0 Å². The van der Waals surface area contributed by atoms with Crippen molar-refractivity contribution in [3.63, 3.8) is 0 Å². The van der Waals surface area contributed by atoms with Crippen molar-refractivity contribution < 1.29 is 13.2 Å². The number of halogens is 4. The summed E-state index contributed by atoms with van der Waals surface area (Å²) in [5, 5.41) is 0.432. The lowest BCUT2D eigenvalue weighted by Gasteiger charge is -2.14. The summed E-state index contributed by atoms with van der Waals surface area (Å²) in [6, 6.07) is 11.1. The van der Waals surface area contributed by atoms with Gasteiger partial charge in [0.15, 0.2) is 0 Å². The van der Waals surface area contributed by atoms with Gasteiger partial charge in [-0.3, -0.25) is 0 Å². The van der Waals surface area contributed by atoms with Crippen molar-refractivity contribution in [2.75, 3.05) is 6.54 Å². The maximum atomic E-state index is 13.2. The van der Waals surface area contributed by atoms with E-state index in [9.17, 15) is 13.2 Å². The summed E-state index contributed by atoms with van der Waals surface area (Å²) in [6.07, 6.45) is -3.99. The molecule has 0 fully saturated rings. The highest BCUT2D eigenvalue weighted by molar-refractivity contribution is 7.99. The summed E-state index contributed by atoms with van der Waals surface area (Å²) in [5.41, 5.74) is 5.32. The van der Waals surface area contributed by atoms with Crippen LogP contribution in [0.5, 0.6) is 0 Å².